The maximum atomic E-state index is 6.44. The molecule has 14 aromatic carbocycles. The first-order valence-electron chi connectivity index (χ1n) is 44.6. The Morgan fingerprint density at radius 3 is 1.01 bits per heavy atom. The second-order valence-corrected chi connectivity index (χ2v) is 35.3. The highest BCUT2D eigenvalue weighted by Gasteiger charge is 2.28. The van der Waals surface area contributed by atoms with Gasteiger partial charge in [-0.2, -0.15) is 0 Å². The van der Waals surface area contributed by atoms with Crippen LogP contribution in [0.5, 0.6) is 0 Å². The van der Waals surface area contributed by atoms with Crippen LogP contribution in [0.15, 0.2) is 340 Å². The number of hydrogen-bond acceptors (Lipinski definition) is 4. The zero-order valence-corrected chi connectivity index (χ0v) is 72.7. The molecule has 0 atom stereocenters. The second kappa shape index (κ2) is 32.6. The van der Waals surface area contributed by atoms with E-state index in [2.05, 4.69) is 403 Å². The largest absolute Gasteiger partial charge is 0.456 e. The summed E-state index contributed by atoms with van der Waals surface area (Å²) in [4.78, 5) is 0. The molecule has 2 saturated carbocycles. The van der Waals surface area contributed by atoms with E-state index in [1.54, 1.807) is 0 Å². The zero-order chi connectivity index (χ0) is 84.7. The van der Waals surface area contributed by atoms with Crippen LogP contribution >= 0.6 is 0 Å². The summed E-state index contributed by atoms with van der Waals surface area (Å²) in [7, 11) is 8.50. The predicted octanol–water partition coefficient (Wildman–Crippen LogP) is 29.6. The van der Waals surface area contributed by atoms with Crippen molar-refractivity contribution in [3.05, 3.63) is 361 Å². The van der Waals surface area contributed by atoms with E-state index in [1.807, 2.05) is 0 Å². The van der Waals surface area contributed by atoms with E-state index in [0.29, 0.717) is 5.92 Å². The fourth-order valence-corrected chi connectivity index (χ4v) is 20.5. The van der Waals surface area contributed by atoms with Gasteiger partial charge in [0.05, 0.1) is 22.3 Å². The number of aryl methyl sites for hydroxylation is 9. The lowest BCUT2D eigenvalue weighted by Crippen LogP contribution is -2.31. The van der Waals surface area contributed by atoms with Gasteiger partial charge in [-0.3, -0.25) is 0 Å². The van der Waals surface area contributed by atoms with E-state index < -0.39 is 0 Å². The molecule has 8 nitrogen and oxygen atoms in total. The van der Waals surface area contributed by atoms with E-state index in [9.17, 15) is 0 Å². The lowest BCUT2D eigenvalue weighted by atomic mass is 9.85. The molecular weight excluding hydrogens is 1530 g/mol. The van der Waals surface area contributed by atoms with Crippen LogP contribution in [0.4, 0.5) is 0 Å². The van der Waals surface area contributed by atoms with Gasteiger partial charge < -0.3 is 17.7 Å². The minimum Gasteiger partial charge on any atom is -0.456 e. The summed E-state index contributed by atoms with van der Waals surface area (Å²) in [5.41, 5.74) is 31.4. The van der Waals surface area contributed by atoms with Gasteiger partial charge >= 0.3 is 0 Å². The van der Waals surface area contributed by atoms with E-state index in [0.717, 1.165) is 50.6 Å². The van der Waals surface area contributed by atoms with E-state index >= 15 is 0 Å². The number of hydrogen-bond donors (Lipinski definition) is 0. The van der Waals surface area contributed by atoms with Gasteiger partial charge in [0.1, 0.15) is 72.9 Å². The number of nitrogens with zero attached hydrogens (tertiary/aromatic N) is 4. The topological polar surface area (TPSA) is 68.1 Å². The Bertz CT molecular complexity index is 7990. The molecule has 2 fully saturated rings. The third kappa shape index (κ3) is 14.6. The first kappa shape index (κ1) is 78.2. The summed E-state index contributed by atoms with van der Waals surface area (Å²) in [5, 5.41) is 19.3. The summed E-state index contributed by atoms with van der Waals surface area (Å²) in [5.74, 6) is 1.56. The molecule has 8 heteroatoms. The van der Waals surface area contributed by atoms with Crippen LogP contribution < -0.4 is 18.3 Å². The smallest absolute Gasteiger partial charge is 0.213 e. The fraction of sp³-hybridized carbons (Fsp3) is 0.179. The van der Waals surface area contributed by atoms with Gasteiger partial charge in [0.2, 0.25) is 22.8 Å². The SMILES string of the molecule is Cc1c(-c2cc(-c3ccccc3)cc[n+]2C)ccc2c1oc1cc3ccccc3cc12.Cc1c(-c2cc(C3CCCC3)cc[n+]2C)ccc2c1oc1cc3ccccc3cc12.Cc1c(-c2cc(CC3CCCCC3)cc[n+]2C)ccc2c1oc1cc3ccccc3cc12.Cc1c[n+](C)c(-c2ccc3c(oc4cc5ccccc5cc43)c2C)cc1-c1ccccc1. The number of benzene rings is 14. The molecule has 0 saturated heterocycles. The van der Waals surface area contributed by atoms with Crippen molar-refractivity contribution in [1.29, 1.82) is 0 Å². The monoisotopic (exact) mass is 1630 g/mol. The summed E-state index contributed by atoms with van der Waals surface area (Å²) >= 11 is 0. The third-order valence-electron chi connectivity index (χ3n) is 27.4. The molecule has 2 aliphatic carbocycles. The Labute approximate surface area is 729 Å². The molecule has 0 N–H and O–H groups in total. The van der Waals surface area contributed by atoms with E-state index in [1.165, 1.54) is 257 Å². The Morgan fingerprint density at radius 2 is 0.600 bits per heavy atom. The van der Waals surface area contributed by atoms with Gasteiger partial charge in [0.25, 0.3) is 0 Å². The van der Waals surface area contributed by atoms with E-state index in [-0.39, 0.29) is 0 Å². The highest BCUT2D eigenvalue weighted by molar-refractivity contribution is 6.15. The maximum absolute atomic E-state index is 6.44. The molecule has 125 heavy (non-hydrogen) atoms. The molecular formula is C117H102N4O4+4. The average molecular weight is 1630 g/mol. The minimum atomic E-state index is 0.715. The normalized spacial score (nSPS) is 13.3. The number of aromatic nitrogens is 4. The molecule has 610 valence electrons. The predicted molar refractivity (Wildman–Crippen MR) is 517 cm³/mol. The molecule has 0 spiro atoms. The number of furan rings is 4. The van der Waals surface area contributed by atoms with Gasteiger partial charge in [-0.15, -0.1) is 0 Å². The molecule has 0 unspecified atom stereocenters. The summed E-state index contributed by atoms with van der Waals surface area (Å²) < 4.78 is 34.6. The van der Waals surface area contributed by atoms with Crippen LogP contribution in [0.1, 0.15) is 103 Å². The van der Waals surface area contributed by atoms with Gasteiger partial charge in [0.15, 0.2) is 24.8 Å². The fourth-order valence-electron chi connectivity index (χ4n) is 20.5. The molecule has 0 radical (unpaired) electrons. The molecule has 8 aromatic heterocycles. The van der Waals surface area contributed by atoms with Crippen LogP contribution in [0.25, 0.3) is 198 Å². The lowest BCUT2D eigenvalue weighted by Gasteiger charge is -2.21. The molecule has 8 heterocycles. The van der Waals surface area contributed by atoms with Crippen LogP contribution in [0, 0.1) is 40.5 Å². The summed E-state index contributed by atoms with van der Waals surface area (Å²) in [6, 6.07) is 107. The molecule has 0 aliphatic heterocycles. The highest BCUT2D eigenvalue weighted by Crippen LogP contribution is 2.45. The summed E-state index contributed by atoms with van der Waals surface area (Å²) in [6.07, 6.45) is 22.3. The van der Waals surface area contributed by atoms with Gasteiger partial charge in [-0.05, 0) is 239 Å². The Morgan fingerprint density at radius 1 is 0.264 bits per heavy atom. The quantitative estimate of drug-likeness (QED) is 0.135. The van der Waals surface area contributed by atoms with Crippen molar-refractivity contribution in [2.45, 2.75) is 105 Å². The van der Waals surface area contributed by atoms with Crippen LogP contribution in [-0.4, -0.2) is 0 Å². The van der Waals surface area contributed by atoms with Crippen molar-refractivity contribution in [3.8, 4) is 67.3 Å². The van der Waals surface area contributed by atoms with Gasteiger partial charge in [0, 0.05) is 113 Å². The van der Waals surface area contributed by atoms with Crippen molar-refractivity contribution in [2.75, 3.05) is 0 Å². The molecule has 0 bridgehead atoms. The average Bonchev–Trinajstić information content (AvgIpc) is 1.62. The van der Waals surface area contributed by atoms with Crippen LogP contribution in [-0.2, 0) is 34.6 Å². The Balaban J connectivity index is 0.000000102. The van der Waals surface area contributed by atoms with E-state index in [4.69, 9.17) is 17.7 Å². The third-order valence-corrected chi connectivity index (χ3v) is 27.4. The number of rotatable bonds is 9. The van der Waals surface area contributed by atoms with Crippen LogP contribution in [0.3, 0.4) is 0 Å². The van der Waals surface area contributed by atoms with Crippen molar-refractivity contribution in [2.24, 2.45) is 34.1 Å². The standard InChI is InChI=1S/C30H24NO.C30H30NO.C29H22NO.C28H26NO/c1-19-18-31(3)28(17-26(19)21-9-5-4-6-10-21)24-13-14-25-27-15-22-11-7-8-12-23(22)16-29(27)32-30(25)20(24)2;1-20-25(28-17-22(14-15-31(28)2)16-21-8-4-3-5-9-21)12-13-26-27-18-23-10-6-7-11-24(23)19-29(27)32-30(20)26;1-19-24(27-17-23(14-15-30(27)2)20-8-4-3-5-9-20)12-13-25-26-16-21-10-6-7-11-22(21)18-28(26)31-29(19)25;1-18-23(26-16-22(13-14-29(26)2)19-7-3-4-8-19)11-12-24-25-15-20-9-5-6-10-21(20)17-27(25)30-28(18)24/h4-18H,1-3H3;6-7,10-15,17-19,21H,3-5,8-9,16H2,1-2H3;3-18H,1-2H3;5-6,9-17,19H,3-4,7-8H2,1-2H3/q4*+1. The maximum Gasteiger partial charge on any atom is 0.213 e. The number of pyridine rings is 4. The first-order valence-corrected chi connectivity index (χ1v) is 44.6. The molecule has 0 amide bonds. The summed E-state index contributed by atoms with van der Waals surface area (Å²) in [6.45, 7) is 10.9. The molecule has 22 aromatic rings. The van der Waals surface area contributed by atoms with Crippen LogP contribution in [0.2, 0.25) is 0 Å². The molecule has 2 aliphatic rings. The Kier molecular flexibility index (Phi) is 20.4. The molecule has 24 rings (SSSR count). The first-order chi connectivity index (χ1) is 61.1. The van der Waals surface area contributed by atoms with Gasteiger partial charge in [-0.25, -0.2) is 18.3 Å². The van der Waals surface area contributed by atoms with Crippen molar-refractivity contribution in [1.82, 2.24) is 0 Å². The Hall–Kier alpha value is -14.1. The van der Waals surface area contributed by atoms with Crippen molar-refractivity contribution in [3.63, 3.8) is 0 Å². The van der Waals surface area contributed by atoms with Crippen molar-refractivity contribution < 1.29 is 35.9 Å². The zero-order valence-electron chi connectivity index (χ0n) is 72.7. The lowest BCUT2D eigenvalue weighted by molar-refractivity contribution is -0.660. The van der Waals surface area contributed by atoms with Gasteiger partial charge in [-0.1, -0.05) is 203 Å². The highest BCUT2D eigenvalue weighted by atomic mass is 16.3. The number of fused-ring (bicyclic) bond motifs is 16. The minimum absolute atomic E-state index is 0.715. The second-order valence-electron chi connectivity index (χ2n) is 35.3. The van der Waals surface area contributed by atoms with Crippen molar-refractivity contribution >= 4 is 131 Å².